The summed E-state index contributed by atoms with van der Waals surface area (Å²) in [5.74, 6) is 0.403. The number of aryl methyl sites for hydroxylation is 1. The number of carbonyl (C=O) groups excluding carboxylic acids is 1. The molecule has 24 heavy (non-hydrogen) atoms. The van der Waals surface area contributed by atoms with Crippen molar-refractivity contribution in [3.05, 3.63) is 47.3 Å². The van der Waals surface area contributed by atoms with Gasteiger partial charge in [-0.05, 0) is 44.0 Å². The van der Waals surface area contributed by atoms with E-state index in [1.807, 2.05) is 0 Å². The van der Waals surface area contributed by atoms with Crippen LogP contribution in [0.5, 0.6) is 0 Å². The predicted molar refractivity (Wildman–Crippen MR) is 86.9 cm³/mol. The minimum atomic E-state index is -3.66. The number of aromatic nitrogens is 1. The third-order valence-electron chi connectivity index (χ3n) is 4.14. The minimum Gasteiger partial charge on any atom is -0.361 e. The molecule has 1 aromatic carbocycles. The second-order valence-corrected chi connectivity index (χ2v) is 7.63. The van der Waals surface area contributed by atoms with Crippen LogP contribution in [-0.4, -0.2) is 37.4 Å². The van der Waals surface area contributed by atoms with Crippen LogP contribution in [0.25, 0.3) is 0 Å². The van der Waals surface area contributed by atoms with E-state index in [1.54, 1.807) is 13.0 Å². The molecule has 1 fully saturated rings. The van der Waals surface area contributed by atoms with E-state index in [0.29, 0.717) is 30.0 Å². The monoisotopic (exact) mass is 349 g/mol. The highest BCUT2D eigenvalue weighted by molar-refractivity contribution is 7.89. The van der Waals surface area contributed by atoms with Crippen LogP contribution < -0.4 is 5.32 Å². The highest BCUT2D eigenvalue weighted by Gasteiger charge is 2.37. The lowest BCUT2D eigenvalue weighted by molar-refractivity contribution is 0.0963. The zero-order valence-corrected chi connectivity index (χ0v) is 14.3. The maximum absolute atomic E-state index is 12.9. The molecule has 1 aliphatic heterocycles. The summed E-state index contributed by atoms with van der Waals surface area (Å²) >= 11 is 0. The summed E-state index contributed by atoms with van der Waals surface area (Å²) in [6, 6.07) is 7.40. The van der Waals surface area contributed by atoms with Crippen molar-refractivity contribution in [1.29, 1.82) is 0 Å². The molecule has 1 aromatic heterocycles. The molecule has 0 aliphatic carbocycles. The van der Waals surface area contributed by atoms with Crippen molar-refractivity contribution < 1.29 is 17.7 Å². The molecule has 2 aromatic rings. The second-order valence-electron chi connectivity index (χ2n) is 5.74. The summed E-state index contributed by atoms with van der Waals surface area (Å²) in [7, 11) is -2.13. The number of carbonyl (C=O) groups is 1. The van der Waals surface area contributed by atoms with Gasteiger partial charge in [0.15, 0.2) is 0 Å². The SMILES string of the molecule is CNC(=O)c1ccc(S(=O)(=O)N2CCCC2c2cc(C)on2)cc1. The van der Waals surface area contributed by atoms with Gasteiger partial charge in [-0.3, -0.25) is 4.79 Å². The normalized spacial score (nSPS) is 18.7. The molecule has 1 atom stereocenters. The number of benzene rings is 1. The van der Waals surface area contributed by atoms with E-state index in [9.17, 15) is 13.2 Å². The summed E-state index contributed by atoms with van der Waals surface area (Å²) in [6.45, 7) is 2.22. The minimum absolute atomic E-state index is 0.169. The smallest absolute Gasteiger partial charge is 0.251 e. The first kappa shape index (κ1) is 16.7. The number of rotatable bonds is 4. The molecule has 1 amide bonds. The van der Waals surface area contributed by atoms with Crippen molar-refractivity contribution in [3.8, 4) is 0 Å². The maximum Gasteiger partial charge on any atom is 0.251 e. The molecule has 3 rings (SSSR count). The molecule has 128 valence electrons. The maximum atomic E-state index is 12.9. The average molecular weight is 349 g/mol. The lowest BCUT2D eigenvalue weighted by atomic mass is 10.1. The van der Waals surface area contributed by atoms with Crippen LogP contribution in [-0.2, 0) is 10.0 Å². The van der Waals surface area contributed by atoms with Crippen molar-refractivity contribution in [3.63, 3.8) is 0 Å². The van der Waals surface area contributed by atoms with E-state index in [4.69, 9.17) is 4.52 Å². The van der Waals surface area contributed by atoms with Crippen LogP contribution >= 0.6 is 0 Å². The standard InChI is InChI=1S/C16H19N3O4S/c1-11-10-14(18-23-11)15-4-3-9-19(15)24(21,22)13-7-5-12(6-8-13)16(20)17-2/h5-8,10,15H,3-4,9H2,1-2H3,(H,17,20). The lowest BCUT2D eigenvalue weighted by Crippen LogP contribution is -2.31. The van der Waals surface area contributed by atoms with Crippen molar-refractivity contribution in [2.45, 2.75) is 30.7 Å². The zero-order valence-electron chi connectivity index (χ0n) is 13.5. The first-order valence-corrected chi connectivity index (χ1v) is 9.14. The summed E-state index contributed by atoms with van der Waals surface area (Å²) in [6.07, 6.45) is 1.48. The molecule has 7 nitrogen and oxygen atoms in total. The number of nitrogens with one attached hydrogen (secondary N) is 1. The van der Waals surface area contributed by atoms with Gasteiger partial charge < -0.3 is 9.84 Å². The molecule has 0 bridgehead atoms. The zero-order chi connectivity index (χ0) is 17.3. The van der Waals surface area contributed by atoms with Crippen LogP contribution in [0.1, 0.15) is 40.7 Å². The summed E-state index contributed by atoms with van der Waals surface area (Å²) in [5.41, 5.74) is 1.05. The van der Waals surface area contributed by atoms with E-state index in [2.05, 4.69) is 10.5 Å². The highest BCUT2D eigenvalue weighted by atomic mass is 32.2. The Balaban J connectivity index is 1.90. The molecule has 1 N–H and O–H groups in total. The van der Waals surface area contributed by atoms with E-state index in [-0.39, 0.29) is 16.8 Å². The van der Waals surface area contributed by atoms with Crippen molar-refractivity contribution in [1.82, 2.24) is 14.8 Å². The molecular formula is C16H19N3O4S. The molecule has 2 heterocycles. The van der Waals surface area contributed by atoms with Gasteiger partial charge >= 0.3 is 0 Å². The average Bonchev–Trinajstić information content (AvgIpc) is 3.23. The van der Waals surface area contributed by atoms with Crippen LogP contribution in [0, 0.1) is 6.92 Å². The van der Waals surface area contributed by atoms with Crippen LogP contribution in [0.4, 0.5) is 0 Å². The van der Waals surface area contributed by atoms with Gasteiger partial charge in [-0.25, -0.2) is 8.42 Å². The molecule has 1 unspecified atom stereocenters. The Labute approximate surface area is 140 Å². The van der Waals surface area contributed by atoms with E-state index < -0.39 is 10.0 Å². The number of sulfonamides is 1. The van der Waals surface area contributed by atoms with Crippen molar-refractivity contribution in [2.75, 3.05) is 13.6 Å². The van der Waals surface area contributed by atoms with Gasteiger partial charge in [0.2, 0.25) is 10.0 Å². The van der Waals surface area contributed by atoms with Gasteiger partial charge in [-0.15, -0.1) is 0 Å². The fraction of sp³-hybridized carbons (Fsp3) is 0.375. The molecule has 8 heteroatoms. The topological polar surface area (TPSA) is 92.5 Å². The molecule has 0 saturated carbocycles. The number of hydrogen-bond donors (Lipinski definition) is 1. The first-order chi connectivity index (χ1) is 11.4. The Kier molecular flexibility index (Phi) is 4.42. The summed E-state index contributed by atoms with van der Waals surface area (Å²) in [4.78, 5) is 11.7. The number of amides is 1. The highest BCUT2D eigenvalue weighted by Crippen LogP contribution is 2.36. The van der Waals surface area contributed by atoms with Crippen molar-refractivity contribution >= 4 is 15.9 Å². The van der Waals surface area contributed by atoms with Crippen LogP contribution in [0.3, 0.4) is 0 Å². The van der Waals surface area contributed by atoms with Gasteiger partial charge in [0.1, 0.15) is 11.5 Å². The Morgan fingerprint density at radius 2 is 2.04 bits per heavy atom. The Bertz CT molecular complexity index is 842. The van der Waals surface area contributed by atoms with E-state index in [0.717, 1.165) is 6.42 Å². The van der Waals surface area contributed by atoms with Gasteiger partial charge in [0.25, 0.3) is 5.91 Å². The largest absolute Gasteiger partial charge is 0.361 e. The Morgan fingerprint density at radius 1 is 1.33 bits per heavy atom. The third kappa shape index (κ3) is 2.94. The van der Waals surface area contributed by atoms with Gasteiger partial charge in [0.05, 0.1) is 10.9 Å². The summed E-state index contributed by atoms with van der Waals surface area (Å²) < 4.78 is 32.4. The Hall–Kier alpha value is -2.19. The summed E-state index contributed by atoms with van der Waals surface area (Å²) in [5, 5.41) is 6.48. The van der Waals surface area contributed by atoms with Gasteiger partial charge in [-0.1, -0.05) is 5.16 Å². The molecule has 0 radical (unpaired) electrons. The molecule has 0 spiro atoms. The Morgan fingerprint density at radius 3 is 2.62 bits per heavy atom. The molecular weight excluding hydrogens is 330 g/mol. The van der Waals surface area contributed by atoms with E-state index in [1.165, 1.54) is 35.6 Å². The fourth-order valence-corrected chi connectivity index (χ4v) is 4.59. The van der Waals surface area contributed by atoms with E-state index >= 15 is 0 Å². The lowest BCUT2D eigenvalue weighted by Gasteiger charge is -2.22. The third-order valence-corrected chi connectivity index (χ3v) is 6.06. The van der Waals surface area contributed by atoms with Gasteiger partial charge in [-0.2, -0.15) is 4.31 Å². The molecule has 1 saturated heterocycles. The second kappa shape index (κ2) is 6.37. The predicted octanol–water partition coefficient (Wildman–Crippen LogP) is 1.87. The van der Waals surface area contributed by atoms with Crippen molar-refractivity contribution in [2.24, 2.45) is 0 Å². The van der Waals surface area contributed by atoms with Crippen LogP contribution in [0.15, 0.2) is 39.8 Å². The number of hydrogen-bond acceptors (Lipinski definition) is 5. The fourth-order valence-electron chi connectivity index (χ4n) is 2.92. The number of nitrogens with zero attached hydrogens (tertiary/aromatic N) is 2. The molecule has 1 aliphatic rings. The first-order valence-electron chi connectivity index (χ1n) is 7.70. The van der Waals surface area contributed by atoms with Gasteiger partial charge in [0, 0.05) is 25.2 Å². The van der Waals surface area contributed by atoms with Crippen LogP contribution in [0.2, 0.25) is 0 Å². The quantitative estimate of drug-likeness (QED) is 0.909.